The number of carbonyl (C=O) groups excluding carboxylic acids is 1. The van der Waals surface area contributed by atoms with Crippen LogP contribution in [0.15, 0.2) is 6.20 Å². The van der Waals surface area contributed by atoms with Crippen LogP contribution in [0.5, 0.6) is 5.88 Å². The Morgan fingerprint density at radius 1 is 1.33 bits per heavy atom. The molecule has 4 heterocycles. The fraction of sp³-hybridized carbons (Fsp3) is 0.579. The zero-order valence-corrected chi connectivity index (χ0v) is 18.7. The summed E-state index contributed by atoms with van der Waals surface area (Å²) in [5, 5.41) is 14.5. The van der Waals surface area contributed by atoms with Crippen LogP contribution in [-0.2, 0) is 4.79 Å². The fourth-order valence-corrected chi connectivity index (χ4v) is 3.57. The molecular formula is C19H24ClF4N7O2. The highest BCUT2D eigenvalue weighted by molar-refractivity contribution is 6.32. The zero-order valence-electron chi connectivity index (χ0n) is 17.9. The van der Waals surface area contributed by atoms with Gasteiger partial charge in [-0.15, -0.1) is 5.10 Å². The van der Waals surface area contributed by atoms with Crippen molar-refractivity contribution in [1.29, 1.82) is 0 Å². The molecule has 0 saturated carbocycles. The molecule has 1 fully saturated rings. The quantitative estimate of drug-likeness (QED) is 0.409. The highest BCUT2D eigenvalue weighted by Gasteiger charge is 2.31. The first-order valence-electron chi connectivity index (χ1n) is 10.2. The highest BCUT2D eigenvalue weighted by atomic mass is 35.5. The summed E-state index contributed by atoms with van der Waals surface area (Å²) in [6, 6.07) is -0.214. The second-order valence-corrected chi connectivity index (χ2v) is 8.05. The summed E-state index contributed by atoms with van der Waals surface area (Å²) in [6.45, 7) is 5.48. The smallest absolute Gasteiger partial charge is 0.446 e. The molecular weight excluding hydrogens is 470 g/mol. The van der Waals surface area contributed by atoms with Gasteiger partial charge in [0.05, 0.1) is 24.5 Å². The van der Waals surface area contributed by atoms with Crippen molar-refractivity contribution in [2.75, 3.05) is 30.3 Å². The van der Waals surface area contributed by atoms with Crippen LogP contribution >= 0.6 is 11.6 Å². The Kier molecular flexibility index (Phi) is 7.95. The first kappa shape index (κ1) is 25.0. The molecule has 2 aliphatic rings. The van der Waals surface area contributed by atoms with Gasteiger partial charge in [0.15, 0.2) is 5.82 Å². The predicted octanol–water partition coefficient (Wildman–Crippen LogP) is 3.58. The number of hydrogen-bond donors (Lipinski definition) is 3. The molecule has 1 saturated heterocycles. The van der Waals surface area contributed by atoms with Crippen LogP contribution in [0.3, 0.4) is 0 Å². The number of aromatic nitrogens is 4. The second-order valence-electron chi connectivity index (χ2n) is 7.64. The normalized spacial score (nSPS) is 22.8. The van der Waals surface area contributed by atoms with Crippen molar-refractivity contribution in [1.82, 2.24) is 25.1 Å². The number of fused-ring (bicyclic) bond motifs is 3. The van der Waals surface area contributed by atoms with Gasteiger partial charge in [-0.3, -0.25) is 9.48 Å². The number of hydrogen-bond acceptors (Lipinski definition) is 8. The average Bonchev–Trinajstić information content (AvgIpc) is 3.04. The molecule has 3 unspecified atom stereocenters. The van der Waals surface area contributed by atoms with Crippen molar-refractivity contribution < 1.29 is 27.1 Å². The van der Waals surface area contributed by atoms with Gasteiger partial charge in [0, 0.05) is 19.0 Å². The van der Waals surface area contributed by atoms with E-state index < -0.39 is 18.6 Å². The van der Waals surface area contributed by atoms with Crippen LogP contribution in [0.25, 0.3) is 0 Å². The number of nitrogens with one attached hydrogen (secondary N) is 3. The number of aldehydes is 1. The number of rotatable bonds is 1. The lowest BCUT2D eigenvalue weighted by atomic mass is 10.1. The van der Waals surface area contributed by atoms with Gasteiger partial charge < -0.3 is 20.7 Å². The molecule has 2 aromatic heterocycles. The number of nitrogens with zero attached hydrogens (tertiary/aromatic N) is 4. The predicted molar refractivity (Wildman–Crippen MR) is 114 cm³/mol. The Bertz CT molecular complexity index is 972. The molecule has 9 nitrogen and oxygen atoms in total. The Morgan fingerprint density at radius 3 is 2.73 bits per heavy atom. The molecule has 0 radical (unpaired) electrons. The van der Waals surface area contributed by atoms with Gasteiger partial charge in [-0.2, -0.15) is 18.2 Å². The van der Waals surface area contributed by atoms with Gasteiger partial charge >= 0.3 is 6.18 Å². The summed E-state index contributed by atoms with van der Waals surface area (Å²) in [4.78, 5) is 17.4. The summed E-state index contributed by atoms with van der Waals surface area (Å²) >= 11 is 6.20. The van der Waals surface area contributed by atoms with Gasteiger partial charge in [-0.25, -0.2) is 9.37 Å². The highest BCUT2D eigenvalue weighted by Crippen LogP contribution is 2.35. The van der Waals surface area contributed by atoms with Crippen LogP contribution < -0.4 is 20.7 Å². The summed E-state index contributed by atoms with van der Waals surface area (Å²) in [6.07, 6.45) is -3.74. The first-order valence-corrected chi connectivity index (χ1v) is 10.6. The summed E-state index contributed by atoms with van der Waals surface area (Å²) in [5.41, 5.74) is 1.45. The van der Waals surface area contributed by atoms with Crippen molar-refractivity contribution in [2.45, 2.75) is 51.1 Å². The van der Waals surface area contributed by atoms with E-state index in [-0.39, 0.29) is 12.1 Å². The van der Waals surface area contributed by atoms with E-state index >= 15 is 0 Å². The van der Waals surface area contributed by atoms with Gasteiger partial charge in [-0.05, 0) is 26.8 Å². The number of piperidine rings is 1. The molecule has 14 heteroatoms. The minimum atomic E-state index is -4.64. The molecule has 2 aliphatic heterocycles. The third-order valence-electron chi connectivity index (χ3n) is 5.09. The summed E-state index contributed by atoms with van der Waals surface area (Å²) < 4.78 is 53.4. The van der Waals surface area contributed by atoms with Gasteiger partial charge in [-0.1, -0.05) is 11.6 Å². The van der Waals surface area contributed by atoms with Gasteiger partial charge in [0.1, 0.15) is 16.9 Å². The van der Waals surface area contributed by atoms with Crippen molar-refractivity contribution in [3.63, 3.8) is 0 Å². The SMILES string of the molecule is Cc1c2c(nn1C1CCNCC1F)OCCC(C)Nc1nc(ncc1Cl)N2.O=CC(F)(F)F. The van der Waals surface area contributed by atoms with E-state index in [0.29, 0.717) is 47.9 Å². The molecule has 3 atom stereocenters. The maximum atomic E-state index is 14.5. The third kappa shape index (κ3) is 6.44. The molecule has 2 aromatic rings. The van der Waals surface area contributed by atoms with Crippen molar-refractivity contribution in [3.8, 4) is 5.88 Å². The number of alkyl halides is 4. The molecule has 0 spiro atoms. The van der Waals surface area contributed by atoms with Crippen LogP contribution in [0.1, 0.15) is 31.5 Å². The molecule has 2 bridgehead atoms. The Labute approximate surface area is 192 Å². The first-order chi connectivity index (χ1) is 15.6. The minimum absolute atomic E-state index is 0.106. The molecule has 0 aromatic carbocycles. The molecule has 4 rings (SSSR count). The van der Waals surface area contributed by atoms with E-state index in [1.165, 1.54) is 0 Å². The van der Waals surface area contributed by atoms with Crippen molar-refractivity contribution >= 4 is 35.3 Å². The van der Waals surface area contributed by atoms with Crippen LogP contribution in [0, 0.1) is 6.92 Å². The summed E-state index contributed by atoms with van der Waals surface area (Å²) in [5.74, 6) is 1.38. The second kappa shape index (κ2) is 10.5. The van der Waals surface area contributed by atoms with E-state index in [1.807, 2.05) is 13.8 Å². The van der Waals surface area contributed by atoms with Crippen LogP contribution in [-0.4, -0.2) is 64.1 Å². The lowest BCUT2D eigenvalue weighted by Gasteiger charge is -2.27. The van der Waals surface area contributed by atoms with E-state index in [9.17, 15) is 17.6 Å². The van der Waals surface area contributed by atoms with E-state index in [2.05, 4.69) is 31.0 Å². The molecule has 33 heavy (non-hydrogen) atoms. The van der Waals surface area contributed by atoms with E-state index in [1.54, 1.807) is 10.9 Å². The lowest BCUT2D eigenvalue weighted by molar-refractivity contribution is -0.156. The monoisotopic (exact) mass is 493 g/mol. The Morgan fingerprint density at radius 2 is 2.06 bits per heavy atom. The fourth-order valence-electron chi connectivity index (χ4n) is 3.42. The molecule has 0 amide bonds. The van der Waals surface area contributed by atoms with E-state index in [4.69, 9.17) is 21.1 Å². The van der Waals surface area contributed by atoms with E-state index in [0.717, 1.165) is 18.7 Å². The largest absolute Gasteiger partial charge is 0.475 e. The Hall–Kier alpha value is -2.67. The van der Waals surface area contributed by atoms with Gasteiger partial charge in [0.25, 0.3) is 5.88 Å². The lowest BCUT2D eigenvalue weighted by Crippen LogP contribution is -2.39. The number of halogens is 5. The van der Waals surface area contributed by atoms with Crippen molar-refractivity contribution in [3.05, 3.63) is 16.9 Å². The zero-order chi connectivity index (χ0) is 24.2. The summed E-state index contributed by atoms with van der Waals surface area (Å²) in [7, 11) is 0. The van der Waals surface area contributed by atoms with Crippen LogP contribution in [0.4, 0.5) is 35.0 Å². The maximum Gasteiger partial charge on any atom is 0.446 e. The molecule has 182 valence electrons. The molecule has 0 aliphatic carbocycles. The van der Waals surface area contributed by atoms with Gasteiger partial charge in [0.2, 0.25) is 12.2 Å². The minimum Gasteiger partial charge on any atom is -0.475 e. The number of carbonyl (C=O) groups is 1. The number of ether oxygens (including phenoxy) is 1. The molecule has 3 N–H and O–H groups in total. The average molecular weight is 494 g/mol. The Balaban J connectivity index is 0.000000454. The van der Waals surface area contributed by atoms with Crippen molar-refractivity contribution in [2.24, 2.45) is 0 Å². The topological polar surface area (TPSA) is 106 Å². The number of anilines is 3. The standard InChI is InChI=1S/C17H23ClFN7O.C2HF3O/c1-9-4-6-27-16-14(23-17-21-7-11(18)15(22-9)24-17)10(2)26(25-16)13-3-5-20-8-12(13)19;3-2(4,5)1-6/h7,9,12-13,20H,3-6,8H2,1-2H3,(H2,21,22,23,24);1H. The third-order valence-corrected chi connectivity index (χ3v) is 5.37. The maximum absolute atomic E-state index is 14.5. The van der Waals surface area contributed by atoms with Crippen LogP contribution in [0.2, 0.25) is 5.02 Å².